The molecule has 4 nitrogen and oxygen atoms in total. The number of nitrogens with one attached hydrogen (secondary N) is 2. The van der Waals surface area contributed by atoms with Crippen LogP contribution in [0.1, 0.15) is 26.7 Å². The molecule has 1 aromatic heterocycles. The number of thioether (sulfide) groups is 1. The summed E-state index contributed by atoms with van der Waals surface area (Å²) in [7, 11) is 0. The molecule has 1 heterocycles. The number of H-pyrrole nitrogens is 1. The first-order chi connectivity index (χ1) is 9.67. The molecule has 2 N–H and O–H groups in total. The molecule has 0 aliphatic carbocycles. The maximum absolute atomic E-state index is 9.28. The fourth-order valence-electron chi connectivity index (χ4n) is 1.93. The summed E-state index contributed by atoms with van der Waals surface area (Å²) >= 11 is 1.66. The highest BCUT2D eigenvalue weighted by Gasteiger charge is 2.22. The number of rotatable bonds is 7. The van der Waals surface area contributed by atoms with Crippen molar-refractivity contribution in [3.63, 3.8) is 0 Å². The normalized spacial score (nSPS) is 14.1. The summed E-state index contributed by atoms with van der Waals surface area (Å²) in [6.45, 7) is 4.94. The lowest BCUT2D eigenvalue weighted by molar-refractivity contribution is 0.437. The van der Waals surface area contributed by atoms with Gasteiger partial charge in [-0.25, -0.2) is 4.98 Å². The topological polar surface area (TPSA) is 64.5 Å². The fourth-order valence-corrected chi connectivity index (χ4v) is 2.98. The Morgan fingerprint density at radius 3 is 2.95 bits per heavy atom. The van der Waals surface area contributed by atoms with E-state index < -0.39 is 5.54 Å². The number of aromatic nitrogens is 2. The van der Waals surface area contributed by atoms with Gasteiger partial charge in [-0.2, -0.15) is 5.26 Å². The molecule has 106 valence electrons. The minimum absolute atomic E-state index is 0.449. The van der Waals surface area contributed by atoms with Gasteiger partial charge in [-0.3, -0.25) is 5.32 Å². The van der Waals surface area contributed by atoms with Crippen LogP contribution in [0.2, 0.25) is 0 Å². The van der Waals surface area contributed by atoms with Gasteiger partial charge < -0.3 is 4.98 Å². The van der Waals surface area contributed by atoms with Crippen LogP contribution in [0.25, 0.3) is 11.0 Å². The zero-order valence-corrected chi connectivity index (χ0v) is 12.8. The number of para-hydroxylation sites is 2. The smallest absolute Gasteiger partial charge is 0.166 e. The molecular formula is C15H20N4S. The zero-order chi connectivity index (χ0) is 14.4. The number of nitrogens with zero attached hydrogens (tertiary/aromatic N) is 2. The van der Waals surface area contributed by atoms with E-state index in [4.69, 9.17) is 0 Å². The van der Waals surface area contributed by atoms with Gasteiger partial charge in [0.05, 0.1) is 17.1 Å². The van der Waals surface area contributed by atoms with Crippen molar-refractivity contribution in [1.82, 2.24) is 15.3 Å². The molecule has 2 aromatic rings. The number of imidazole rings is 1. The molecule has 1 unspecified atom stereocenters. The van der Waals surface area contributed by atoms with Crippen molar-refractivity contribution in [2.24, 2.45) is 0 Å². The van der Waals surface area contributed by atoms with E-state index in [-0.39, 0.29) is 0 Å². The average Bonchev–Trinajstić information content (AvgIpc) is 2.87. The number of hydrogen-bond acceptors (Lipinski definition) is 4. The van der Waals surface area contributed by atoms with E-state index in [1.165, 1.54) is 0 Å². The van der Waals surface area contributed by atoms with Gasteiger partial charge in [0, 0.05) is 5.75 Å². The van der Waals surface area contributed by atoms with Crippen LogP contribution in [0, 0.1) is 11.3 Å². The third kappa shape index (κ3) is 3.75. The van der Waals surface area contributed by atoms with Crippen molar-refractivity contribution < 1.29 is 0 Å². The highest BCUT2D eigenvalue weighted by molar-refractivity contribution is 7.99. The Bertz CT molecular complexity index is 568. The Hall–Kier alpha value is -1.51. The number of benzene rings is 1. The monoisotopic (exact) mass is 288 g/mol. The maximum Gasteiger partial charge on any atom is 0.166 e. The Morgan fingerprint density at radius 2 is 2.25 bits per heavy atom. The largest absolute Gasteiger partial charge is 0.333 e. The van der Waals surface area contributed by atoms with Crippen molar-refractivity contribution in [2.75, 3.05) is 12.3 Å². The van der Waals surface area contributed by atoms with Crippen molar-refractivity contribution in [3.8, 4) is 6.07 Å². The van der Waals surface area contributed by atoms with E-state index in [1.807, 2.05) is 31.2 Å². The van der Waals surface area contributed by atoms with Gasteiger partial charge in [0.1, 0.15) is 5.54 Å². The standard InChI is InChI=1S/C15H20N4S/c1-3-9-17-15(2,11-16)8-10-20-14-18-12-6-4-5-7-13(12)19-14/h4-7,17H,3,8-10H2,1-2H3,(H,18,19). The molecule has 0 saturated heterocycles. The summed E-state index contributed by atoms with van der Waals surface area (Å²) in [5, 5.41) is 13.5. The lowest BCUT2D eigenvalue weighted by atomic mass is 10.0. The Kier molecular flexibility index (Phi) is 5.05. The summed E-state index contributed by atoms with van der Waals surface area (Å²) in [5.41, 5.74) is 1.60. The molecule has 1 aromatic carbocycles. The fraction of sp³-hybridized carbons (Fsp3) is 0.467. The van der Waals surface area contributed by atoms with Crippen LogP contribution in [0.3, 0.4) is 0 Å². The molecule has 0 saturated carbocycles. The molecule has 5 heteroatoms. The number of hydrogen-bond donors (Lipinski definition) is 2. The number of fused-ring (bicyclic) bond motifs is 1. The first-order valence-corrected chi connectivity index (χ1v) is 7.89. The van der Waals surface area contributed by atoms with Crippen LogP contribution >= 0.6 is 11.8 Å². The highest BCUT2D eigenvalue weighted by atomic mass is 32.2. The Labute approximate surface area is 124 Å². The molecule has 0 spiro atoms. The summed E-state index contributed by atoms with van der Waals surface area (Å²) in [5.74, 6) is 0.862. The molecule has 0 amide bonds. The third-order valence-electron chi connectivity index (χ3n) is 3.22. The second kappa shape index (κ2) is 6.78. The minimum Gasteiger partial charge on any atom is -0.333 e. The second-order valence-electron chi connectivity index (χ2n) is 5.03. The summed E-state index contributed by atoms with van der Waals surface area (Å²) < 4.78 is 0. The van der Waals surface area contributed by atoms with Gasteiger partial charge >= 0.3 is 0 Å². The lowest BCUT2D eigenvalue weighted by Crippen LogP contribution is -2.41. The average molecular weight is 288 g/mol. The first-order valence-electron chi connectivity index (χ1n) is 6.91. The van der Waals surface area contributed by atoms with Crippen LogP contribution in [0.5, 0.6) is 0 Å². The quantitative estimate of drug-likeness (QED) is 0.767. The van der Waals surface area contributed by atoms with Crippen molar-refractivity contribution in [2.45, 2.75) is 37.4 Å². The van der Waals surface area contributed by atoms with E-state index in [1.54, 1.807) is 11.8 Å². The van der Waals surface area contributed by atoms with Gasteiger partial charge in [0.25, 0.3) is 0 Å². The van der Waals surface area contributed by atoms with Gasteiger partial charge in [-0.1, -0.05) is 30.8 Å². The summed E-state index contributed by atoms with van der Waals surface area (Å²) in [4.78, 5) is 7.82. The molecule has 0 radical (unpaired) electrons. The Morgan fingerprint density at radius 1 is 1.45 bits per heavy atom. The van der Waals surface area contributed by atoms with E-state index in [2.05, 4.69) is 28.3 Å². The molecule has 0 fully saturated rings. The van der Waals surface area contributed by atoms with E-state index in [0.717, 1.165) is 41.3 Å². The molecule has 2 rings (SSSR count). The van der Waals surface area contributed by atoms with Crippen LogP contribution < -0.4 is 5.32 Å². The SMILES string of the molecule is CCCNC(C)(C#N)CCSc1nc2ccccc2[nH]1. The molecule has 1 atom stereocenters. The van der Waals surface area contributed by atoms with Crippen LogP contribution in [0.15, 0.2) is 29.4 Å². The van der Waals surface area contributed by atoms with Crippen molar-refractivity contribution in [1.29, 1.82) is 5.26 Å². The Balaban J connectivity index is 1.90. The predicted molar refractivity (Wildman–Crippen MR) is 83.7 cm³/mol. The predicted octanol–water partition coefficient (Wildman–Crippen LogP) is 3.33. The van der Waals surface area contributed by atoms with Gasteiger partial charge in [0.2, 0.25) is 0 Å². The van der Waals surface area contributed by atoms with Crippen LogP contribution in [-0.2, 0) is 0 Å². The minimum atomic E-state index is -0.449. The summed E-state index contributed by atoms with van der Waals surface area (Å²) in [6.07, 6.45) is 1.83. The van der Waals surface area contributed by atoms with E-state index in [9.17, 15) is 5.26 Å². The first kappa shape index (κ1) is 14.9. The second-order valence-corrected chi connectivity index (χ2v) is 6.11. The number of nitriles is 1. The van der Waals surface area contributed by atoms with E-state index in [0.29, 0.717) is 0 Å². The highest BCUT2D eigenvalue weighted by Crippen LogP contribution is 2.22. The lowest BCUT2D eigenvalue weighted by Gasteiger charge is -2.22. The maximum atomic E-state index is 9.28. The summed E-state index contributed by atoms with van der Waals surface area (Å²) in [6, 6.07) is 10.4. The number of aromatic amines is 1. The molecule has 0 aliphatic heterocycles. The molecule has 0 aliphatic rings. The van der Waals surface area contributed by atoms with Crippen LogP contribution in [-0.4, -0.2) is 27.8 Å². The molecular weight excluding hydrogens is 268 g/mol. The molecule has 20 heavy (non-hydrogen) atoms. The van der Waals surface area contributed by atoms with Gasteiger partial charge in [-0.05, 0) is 38.4 Å². The van der Waals surface area contributed by atoms with Crippen LogP contribution in [0.4, 0.5) is 0 Å². The third-order valence-corrected chi connectivity index (χ3v) is 4.10. The van der Waals surface area contributed by atoms with Crippen molar-refractivity contribution in [3.05, 3.63) is 24.3 Å². The van der Waals surface area contributed by atoms with E-state index >= 15 is 0 Å². The van der Waals surface area contributed by atoms with Crippen molar-refractivity contribution >= 4 is 22.8 Å². The van der Waals surface area contributed by atoms with Gasteiger partial charge in [0.15, 0.2) is 5.16 Å². The van der Waals surface area contributed by atoms with Gasteiger partial charge in [-0.15, -0.1) is 0 Å². The zero-order valence-electron chi connectivity index (χ0n) is 11.9. The molecule has 0 bridgehead atoms.